The summed E-state index contributed by atoms with van der Waals surface area (Å²) >= 11 is 1.31. The molecule has 0 aliphatic carbocycles. The van der Waals surface area contributed by atoms with Crippen LogP contribution in [0.1, 0.15) is 45.7 Å². The predicted octanol–water partition coefficient (Wildman–Crippen LogP) is 4.25. The summed E-state index contributed by atoms with van der Waals surface area (Å²) in [6.07, 6.45) is 0.729. The van der Waals surface area contributed by atoms with Crippen LogP contribution in [-0.4, -0.2) is 51.3 Å². The first kappa shape index (κ1) is 25.3. The van der Waals surface area contributed by atoms with Gasteiger partial charge in [0.05, 0.1) is 29.3 Å². The average molecular weight is 495 g/mol. The number of nitrogens with one attached hydrogen (secondary N) is 1. The van der Waals surface area contributed by atoms with Crippen LogP contribution < -0.4 is 15.6 Å². The lowest BCUT2D eigenvalue weighted by atomic mass is 10.0. The molecule has 0 saturated heterocycles. The minimum atomic E-state index is -0.0864. The number of para-hydroxylation sites is 2. The molecule has 1 N–H and O–H groups in total. The van der Waals surface area contributed by atoms with E-state index in [2.05, 4.69) is 37.9 Å². The maximum Gasteiger partial charge on any atom is 0.262 e. The molecule has 0 radical (unpaired) electrons. The van der Waals surface area contributed by atoms with Crippen LogP contribution in [0.4, 0.5) is 0 Å². The first-order chi connectivity index (χ1) is 16.8. The van der Waals surface area contributed by atoms with Crippen molar-refractivity contribution < 1.29 is 9.53 Å². The van der Waals surface area contributed by atoms with Crippen LogP contribution in [0.2, 0.25) is 0 Å². The molecule has 3 aromatic rings. The number of nitrogens with zero attached hydrogens (tertiary/aromatic N) is 3. The summed E-state index contributed by atoms with van der Waals surface area (Å²) in [4.78, 5) is 33.4. The van der Waals surface area contributed by atoms with Gasteiger partial charge < -0.3 is 10.1 Å². The number of carbonyl (C=O) groups is 1. The molecule has 0 saturated carbocycles. The Morgan fingerprint density at radius 3 is 2.63 bits per heavy atom. The van der Waals surface area contributed by atoms with Crippen molar-refractivity contribution in [3.8, 4) is 5.75 Å². The maximum absolute atomic E-state index is 13.4. The van der Waals surface area contributed by atoms with Crippen LogP contribution in [0, 0.1) is 0 Å². The number of carbonyl (C=O) groups excluding carboxylic acids is 1. The quantitative estimate of drug-likeness (QED) is 0.354. The second kappa shape index (κ2) is 11.3. The number of ether oxygens (including phenoxy) is 1. The Bertz CT molecular complexity index is 1230. The number of fused-ring (bicyclic) bond motifs is 2. The topological polar surface area (TPSA) is 76.5 Å². The third-order valence-corrected chi connectivity index (χ3v) is 7.34. The van der Waals surface area contributed by atoms with Crippen LogP contribution in [-0.2, 0) is 11.3 Å². The van der Waals surface area contributed by atoms with E-state index in [1.165, 1.54) is 11.8 Å². The monoisotopic (exact) mass is 494 g/mol. The Morgan fingerprint density at radius 2 is 1.86 bits per heavy atom. The Balaban J connectivity index is 1.52. The molecule has 186 valence electrons. The number of hydrogen-bond donors (Lipinski definition) is 1. The van der Waals surface area contributed by atoms with Gasteiger partial charge in [0.25, 0.3) is 5.56 Å². The van der Waals surface area contributed by atoms with Crippen molar-refractivity contribution in [3.63, 3.8) is 0 Å². The lowest BCUT2D eigenvalue weighted by Crippen LogP contribution is -2.40. The molecule has 1 aromatic heterocycles. The van der Waals surface area contributed by atoms with E-state index >= 15 is 0 Å². The van der Waals surface area contributed by atoms with Crippen LogP contribution in [0.25, 0.3) is 10.9 Å². The molecule has 4 rings (SSSR count). The van der Waals surface area contributed by atoms with Crippen molar-refractivity contribution in [3.05, 3.63) is 64.4 Å². The third-order valence-electron chi connectivity index (χ3n) is 6.36. The van der Waals surface area contributed by atoms with Gasteiger partial charge in [-0.15, -0.1) is 0 Å². The van der Waals surface area contributed by atoms with E-state index in [-0.39, 0.29) is 23.3 Å². The van der Waals surface area contributed by atoms with Gasteiger partial charge >= 0.3 is 0 Å². The van der Waals surface area contributed by atoms with Crippen LogP contribution in [0.15, 0.2) is 58.5 Å². The van der Waals surface area contributed by atoms with Gasteiger partial charge in [0.2, 0.25) is 5.91 Å². The Hall–Kier alpha value is -2.84. The lowest BCUT2D eigenvalue weighted by Gasteiger charge is -2.30. The zero-order valence-corrected chi connectivity index (χ0v) is 21.7. The van der Waals surface area contributed by atoms with Gasteiger partial charge in [-0.25, -0.2) is 4.98 Å². The van der Waals surface area contributed by atoms with Gasteiger partial charge in [0.15, 0.2) is 5.16 Å². The summed E-state index contributed by atoms with van der Waals surface area (Å²) in [6.45, 7) is 10.5. The Labute approximate surface area is 210 Å². The molecular formula is C27H34N4O3S. The molecule has 35 heavy (non-hydrogen) atoms. The highest BCUT2D eigenvalue weighted by Crippen LogP contribution is 2.31. The Kier molecular flexibility index (Phi) is 8.13. The molecule has 1 aliphatic heterocycles. The van der Waals surface area contributed by atoms with E-state index < -0.39 is 0 Å². The molecule has 1 aliphatic rings. The van der Waals surface area contributed by atoms with E-state index in [9.17, 15) is 9.59 Å². The molecule has 2 heterocycles. The fourth-order valence-corrected chi connectivity index (χ4v) is 5.48. The summed E-state index contributed by atoms with van der Waals surface area (Å²) in [5.41, 5.74) is 1.59. The highest BCUT2D eigenvalue weighted by Gasteiger charge is 2.23. The van der Waals surface area contributed by atoms with Gasteiger partial charge in [-0.1, -0.05) is 42.1 Å². The molecule has 1 atom stereocenters. The first-order valence-electron chi connectivity index (χ1n) is 12.2. The van der Waals surface area contributed by atoms with Gasteiger partial charge in [0.1, 0.15) is 5.75 Å². The van der Waals surface area contributed by atoms with Crippen LogP contribution >= 0.6 is 11.8 Å². The third kappa shape index (κ3) is 5.87. The summed E-state index contributed by atoms with van der Waals surface area (Å²) in [5.74, 6) is 0.917. The summed E-state index contributed by atoms with van der Waals surface area (Å²) in [5, 5.41) is 4.30. The smallest absolute Gasteiger partial charge is 0.262 e. The zero-order valence-electron chi connectivity index (χ0n) is 20.9. The number of rotatable bonds is 9. The van der Waals surface area contributed by atoms with E-state index in [4.69, 9.17) is 9.72 Å². The second-order valence-electron chi connectivity index (χ2n) is 9.38. The minimum Gasteiger partial charge on any atom is -0.493 e. The van der Waals surface area contributed by atoms with Gasteiger partial charge in [-0.3, -0.25) is 19.1 Å². The lowest BCUT2D eigenvalue weighted by molar-refractivity contribution is -0.119. The van der Waals surface area contributed by atoms with E-state index in [1.807, 2.05) is 48.5 Å². The van der Waals surface area contributed by atoms with Crippen molar-refractivity contribution in [2.45, 2.75) is 63.9 Å². The summed E-state index contributed by atoms with van der Waals surface area (Å²) in [6, 6.07) is 15.9. The molecule has 8 heteroatoms. The SMILES string of the molecule is CC(C)N(CCn1c(SCC(=O)NC2CCOc3ccccc32)nc2ccccc2c1=O)C(C)C. The minimum absolute atomic E-state index is 0.0654. The Morgan fingerprint density at radius 1 is 1.14 bits per heavy atom. The van der Waals surface area contributed by atoms with Crippen molar-refractivity contribution in [1.29, 1.82) is 0 Å². The van der Waals surface area contributed by atoms with Gasteiger partial charge in [0, 0.05) is 37.2 Å². The molecule has 0 fully saturated rings. The number of hydrogen-bond acceptors (Lipinski definition) is 6. The van der Waals surface area contributed by atoms with Gasteiger partial charge in [-0.05, 0) is 45.9 Å². The fraction of sp³-hybridized carbons (Fsp3) is 0.444. The van der Waals surface area contributed by atoms with E-state index in [0.29, 0.717) is 41.3 Å². The molecule has 1 unspecified atom stereocenters. The molecule has 2 aromatic carbocycles. The average Bonchev–Trinajstić information content (AvgIpc) is 2.84. The highest BCUT2D eigenvalue weighted by molar-refractivity contribution is 7.99. The van der Waals surface area contributed by atoms with Gasteiger partial charge in [-0.2, -0.15) is 0 Å². The normalized spacial score (nSPS) is 15.5. The van der Waals surface area contributed by atoms with Crippen molar-refractivity contribution >= 4 is 28.6 Å². The number of amides is 1. The van der Waals surface area contributed by atoms with Crippen molar-refractivity contribution in [2.24, 2.45) is 0 Å². The van der Waals surface area contributed by atoms with Crippen LogP contribution in [0.3, 0.4) is 0 Å². The first-order valence-corrected chi connectivity index (χ1v) is 13.2. The molecule has 1 amide bonds. The molecule has 0 spiro atoms. The second-order valence-corrected chi connectivity index (χ2v) is 10.3. The van der Waals surface area contributed by atoms with E-state index in [0.717, 1.165) is 24.3 Å². The van der Waals surface area contributed by atoms with Crippen LogP contribution in [0.5, 0.6) is 5.75 Å². The van der Waals surface area contributed by atoms with E-state index in [1.54, 1.807) is 4.57 Å². The zero-order chi connectivity index (χ0) is 24.9. The summed E-state index contributed by atoms with van der Waals surface area (Å²) < 4.78 is 7.43. The number of aromatic nitrogens is 2. The van der Waals surface area contributed by atoms with Crippen molar-refractivity contribution in [1.82, 2.24) is 19.8 Å². The highest BCUT2D eigenvalue weighted by atomic mass is 32.2. The largest absolute Gasteiger partial charge is 0.493 e. The predicted molar refractivity (Wildman–Crippen MR) is 141 cm³/mol. The summed E-state index contributed by atoms with van der Waals surface area (Å²) in [7, 11) is 0. The number of thioether (sulfide) groups is 1. The fourth-order valence-electron chi connectivity index (χ4n) is 4.64. The standard InChI is InChI=1S/C27H34N4O3S/c1-18(2)30(19(3)4)14-15-31-26(33)21-10-5-7-11-22(21)29-27(31)35-17-25(32)28-23-13-16-34-24-12-8-6-9-20(23)24/h5-12,18-19,23H,13-17H2,1-4H3,(H,28,32). The van der Waals surface area contributed by atoms with Crippen molar-refractivity contribution in [2.75, 3.05) is 18.9 Å². The number of benzene rings is 2. The molecule has 7 nitrogen and oxygen atoms in total. The molecule has 0 bridgehead atoms. The maximum atomic E-state index is 13.4. The molecular weight excluding hydrogens is 460 g/mol.